The Labute approximate surface area is 318 Å². The largest absolute Gasteiger partial charge is 0.507 e. The molecule has 6 atom stereocenters. The Balaban J connectivity index is 1.35. The molecule has 4 amide bonds. The van der Waals surface area contributed by atoms with Crippen molar-refractivity contribution in [3.8, 4) is 17.2 Å². The van der Waals surface area contributed by atoms with E-state index in [1.165, 1.54) is 68.8 Å². The summed E-state index contributed by atoms with van der Waals surface area (Å²) in [5.41, 5.74) is 2.45. The van der Waals surface area contributed by atoms with Crippen molar-refractivity contribution in [3.05, 3.63) is 124 Å². The number of hydrogen-bond acceptors (Lipinski definition) is 9. The van der Waals surface area contributed by atoms with Gasteiger partial charge in [0.25, 0.3) is 11.8 Å². The van der Waals surface area contributed by atoms with Crippen LogP contribution in [-0.4, -0.2) is 59.0 Å². The topological polar surface area (TPSA) is 163 Å². The van der Waals surface area contributed by atoms with Crippen molar-refractivity contribution >= 4 is 52.6 Å². The zero-order chi connectivity index (χ0) is 38.9. The van der Waals surface area contributed by atoms with Crippen molar-refractivity contribution in [3.63, 3.8) is 0 Å². The molecular weight excluding hydrogens is 733 g/mol. The lowest BCUT2D eigenvalue weighted by Gasteiger charge is -2.50. The van der Waals surface area contributed by atoms with E-state index < -0.39 is 70.4 Å². The first-order chi connectivity index (χ1) is 26.4. The van der Waals surface area contributed by atoms with E-state index in [2.05, 4.69) is 5.43 Å². The van der Waals surface area contributed by atoms with Crippen LogP contribution in [-0.2, 0) is 24.6 Å². The summed E-state index contributed by atoms with van der Waals surface area (Å²) in [6, 6.07) is 20.1. The number of methoxy groups -OCH3 is 2. The molecule has 4 aliphatic rings. The number of carbonyl (C=O) groups excluding carboxylic acids is 4. The van der Waals surface area contributed by atoms with Crippen LogP contribution >= 0.6 is 11.6 Å². The maximum absolute atomic E-state index is 15.4. The molecule has 3 fully saturated rings. The first-order valence-electron chi connectivity index (χ1n) is 17.4. The minimum absolute atomic E-state index is 0.0560. The van der Waals surface area contributed by atoms with Gasteiger partial charge in [0.1, 0.15) is 23.1 Å². The summed E-state index contributed by atoms with van der Waals surface area (Å²) in [5.74, 6) is -9.07. The van der Waals surface area contributed by atoms with Gasteiger partial charge < -0.3 is 19.7 Å². The van der Waals surface area contributed by atoms with Gasteiger partial charge in [-0.05, 0) is 78.9 Å². The highest BCUT2D eigenvalue weighted by atomic mass is 35.5. The van der Waals surface area contributed by atoms with Crippen LogP contribution in [0.15, 0.2) is 96.6 Å². The molecule has 4 aromatic rings. The normalized spacial score (nSPS) is 25.6. The number of aromatic carboxylic acids is 1. The number of imide groups is 2. The molecule has 0 spiro atoms. The van der Waals surface area contributed by atoms with Crippen molar-refractivity contribution in [2.75, 3.05) is 24.5 Å². The van der Waals surface area contributed by atoms with E-state index in [4.69, 9.17) is 21.1 Å². The van der Waals surface area contributed by atoms with E-state index in [0.717, 1.165) is 9.91 Å². The first kappa shape index (κ1) is 35.8. The Morgan fingerprint density at radius 3 is 2.31 bits per heavy atom. The van der Waals surface area contributed by atoms with E-state index in [1.807, 2.05) is 6.08 Å². The predicted octanol–water partition coefficient (Wildman–Crippen LogP) is 6.09. The second-order valence-electron chi connectivity index (χ2n) is 14.0. The van der Waals surface area contributed by atoms with Gasteiger partial charge in [0, 0.05) is 28.6 Å². The summed E-state index contributed by atoms with van der Waals surface area (Å²) in [4.78, 5) is 71.8. The molecule has 14 heteroatoms. The molecule has 1 saturated carbocycles. The lowest BCUT2D eigenvalue weighted by molar-refractivity contribution is -0.138. The smallest absolute Gasteiger partial charge is 0.335 e. The fourth-order valence-corrected chi connectivity index (χ4v) is 9.29. The molecule has 12 nitrogen and oxygen atoms in total. The number of rotatable bonds is 8. The lowest BCUT2D eigenvalue weighted by atomic mass is 9.49. The average molecular weight is 766 g/mol. The number of ether oxygens (including phenoxy) is 2. The highest BCUT2D eigenvalue weighted by Crippen LogP contribution is 2.66. The van der Waals surface area contributed by atoms with Gasteiger partial charge in [-0.3, -0.25) is 29.5 Å². The highest BCUT2D eigenvalue weighted by Gasteiger charge is 2.71. The zero-order valence-electron chi connectivity index (χ0n) is 29.4. The molecular formula is C41H33ClFN3O9. The summed E-state index contributed by atoms with van der Waals surface area (Å²) in [7, 11) is 2.81. The molecule has 2 aliphatic heterocycles. The van der Waals surface area contributed by atoms with Crippen molar-refractivity contribution in [2.45, 2.75) is 24.2 Å². The number of nitrogens with one attached hydrogen (secondary N) is 1. The van der Waals surface area contributed by atoms with Gasteiger partial charge in [-0.15, -0.1) is 0 Å². The van der Waals surface area contributed by atoms with Crippen LogP contribution in [0, 0.1) is 29.5 Å². The maximum Gasteiger partial charge on any atom is 0.335 e. The van der Waals surface area contributed by atoms with Crippen LogP contribution < -0.4 is 19.8 Å². The van der Waals surface area contributed by atoms with E-state index in [0.29, 0.717) is 16.2 Å². The Morgan fingerprint density at radius 1 is 0.909 bits per heavy atom. The predicted molar refractivity (Wildman–Crippen MR) is 196 cm³/mol. The number of benzene rings is 4. The van der Waals surface area contributed by atoms with Crippen LogP contribution in [0.2, 0.25) is 5.02 Å². The Bertz CT molecular complexity index is 2330. The molecule has 4 aromatic carbocycles. The quantitative estimate of drug-likeness (QED) is 0.141. The van der Waals surface area contributed by atoms with Crippen molar-refractivity contribution in [1.29, 1.82) is 0 Å². The number of carboxylic acid groups (broad SMARTS) is 1. The van der Waals surface area contributed by atoms with E-state index in [9.17, 15) is 33.8 Å². The molecule has 0 radical (unpaired) electrons. The van der Waals surface area contributed by atoms with Crippen LogP contribution in [0.3, 0.4) is 0 Å². The number of amides is 4. The Kier molecular flexibility index (Phi) is 8.64. The van der Waals surface area contributed by atoms with E-state index in [1.54, 1.807) is 30.3 Å². The van der Waals surface area contributed by atoms with Crippen molar-refractivity contribution in [2.24, 2.45) is 23.7 Å². The summed E-state index contributed by atoms with van der Waals surface area (Å²) >= 11 is 6.36. The lowest BCUT2D eigenvalue weighted by Crippen LogP contribution is -2.53. The Hall–Kier alpha value is -6.21. The summed E-state index contributed by atoms with van der Waals surface area (Å²) < 4.78 is 25.2. The standard InChI is InChI=1S/C41H33ClFN3O9/c1-54-26-17-31(47)34(32(18-26)55-2)35-27-14-15-28-33(38(50)45(36(28)48)25-5-3-4-20(16-25)39(51)52)29(27)19-30-37(49)46(44-24-12-10-23(43)11-13-24)40(53)41(30,35)21-6-8-22(42)9-7-21/h3-14,16-18,28-30,33,35,44,47H,15,19H2,1-2H3,(H,51,52)/t28-,29+,30-,33-,35+,41+/m0/s1. The van der Waals surface area contributed by atoms with Gasteiger partial charge in [-0.25, -0.2) is 9.18 Å². The van der Waals surface area contributed by atoms with Gasteiger partial charge in [-0.2, -0.15) is 5.01 Å². The van der Waals surface area contributed by atoms with E-state index >= 15 is 4.79 Å². The third-order valence-corrected chi connectivity index (χ3v) is 11.7. The summed E-state index contributed by atoms with van der Waals surface area (Å²) in [6.45, 7) is 0. The van der Waals surface area contributed by atoms with E-state index in [-0.39, 0.29) is 52.6 Å². The Morgan fingerprint density at radius 2 is 1.64 bits per heavy atom. The number of phenols is 1. The fraction of sp³-hybridized carbons (Fsp3) is 0.244. The highest BCUT2D eigenvalue weighted by molar-refractivity contribution is 6.30. The fourth-order valence-electron chi connectivity index (χ4n) is 9.17. The minimum atomic E-state index is -1.77. The molecule has 0 bridgehead atoms. The molecule has 2 saturated heterocycles. The van der Waals surface area contributed by atoms with Crippen LogP contribution in [0.1, 0.15) is 40.2 Å². The number of carbonyl (C=O) groups is 5. The monoisotopic (exact) mass is 765 g/mol. The van der Waals surface area contributed by atoms with Gasteiger partial charge in [0.15, 0.2) is 0 Å². The third kappa shape index (κ3) is 5.36. The molecule has 0 aromatic heterocycles. The number of hydrogen-bond donors (Lipinski definition) is 3. The second kappa shape index (κ2) is 13.3. The number of hydrazine groups is 1. The number of anilines is 2. The van der Waals surface area contributed by atoms with Gasteiger partial charge in [-0.1, -0.05) is 41.4 Å². The zero-order valence-corrected chi connectivity index (χ0v) is 30.1. The van der Waals surface area contributed by atoms with Gasteiger partial charge in [0.2, 0.25) is 11.8 Å². The van der Waals surface area contributed by atoms with Gasteiger partial charge in [0.05, 0.1) is 54.3 Å². The third-order valence-electron chi connectivity index (χ3n) is 11.4. The molecule has 280 valence electrons. The number of carboxylic acids is 1. The number of fused-ring (bicyclic) bond motifs is 4. The SMILES string of the molecule is COc1cc(O)c([C@H]2C3=CC[C@@H]4C(=O)N(c5cccc(C(=O)O)c5)C(=O)[C@@H]4[C@@H]3C[C@H]3C(=O)N(Nc4ccc(F)cc4)C(=O)[C@@]23c2ccc(Cl)cc2)c(OC)c1. The van der Waals surface area contributed by atoms with Crippen LogP contribution in [0.4, 0.5) is 15.8 Å². The first-order valence-corrected chi connectivity index (χ1v) is 17.8. The number of halogens is 2. The number of allylic oxidation sites excluding steroid dienone is 2. The number of nitrogens with zero attached hydrogens (tertiary/aromatic N) is 2. The summed E-state index contributed by atoms with van der Waals surface area (Å²) in [5, 5.41) is 22.8. The molecule has 3 N–H and O–H groups in total. The second-order valence-corrected chi connectivity index (χ2v) is 14.4. The van der Waals surface area contributed by atoms with Crippen molar-refractivity contribution in [1.82, 2.24) is 5.01 Å². The molecule has 8 rings (SSSR count). The van der Waals surface area contributed by atoms with Gasteiger partial charge >= 0.3 is 5.97 Å². The number of phenolic OH excluding ortho intramolecular Hbond substituents is 1. The molecule has 2 aliphatic carbocycles. The van der Waals surface area contributed by atoms with Crippen molar-refractivity contribution < 1.29 is 48.0 Å². The number of aromatic hydroxyl groups is 1. The van der Waals surface area contributed by atoms with Crippen LogP contribution in [0.25, 0.3) is 0 Å². The maximum atomic E-state index is 15.4. The molecule has 2 heterocycles. The minimum Gasteiger partial charge on any atom is -0.507 e. The van der Waals surface area contributed by atoms with Crippen LogP contribution in [0.5, 0.6) is 17.2 Å². The average Bonchev–Trinajstić information content (AvgIpc) is 3.56. The molecule has 55 heavy (non-hydrogen) atoms. The summed E-state index contributed by atoms with van der Waals surface area (Å²) in [6.07, 6.45) is 1.83. The molecule has 0 unspecified atom stereocenters.